The number of nitrogens with zero attached hydrogens (tertiary/aromatic N) is 1. The SMILES string of the molecule is CCCCS[C@H](C)C(=O)NNC(=O)CNC(=O)c1cccnc1. The van der Waals surface area contributed by atoms with E-state index in [2.05, 4.69) is 28.1 Å². The molecular formula is C15H22N4O3S. The number of carbonyl (C=O) groups is 3. The van der Waals surface area contributed by atoms with Crippen LogP contribution in [0.3, 0.4) is 0 Å². The number of hydrogen-bond donors (Lipinski definition) is 3. The lowest BCUT2D eigenvalue weighted by atomic mass is 10.3. The highest BCUT2D eigenvalue weighted by atomic mass is 32.2. The van der Waals surface area contributed by atoms with Crippen LogP contribution in [-0.2, 0) is 9.59 Å². The van der Waals surface area contributed by atoms with Gasteiger partial charge in [-0.15, -0.1) is 11.8 Å². The van der Waals surface area contributed by atoms with Crippen LogP contribution in [0.2, 0.25) is 0 Å². The average molecular weight is 338 g/mol. The molecule has 0 aliphatic rings. The van der Waals surface area contributed by atoms with Crippen molar-refractivity contribution < 1.29 is 14.4 Å². The molecule has 0 aliphatic heterocycles. The summed E-state index contributed by atoms with van der Waals surface area (Å²) in [5.74, 6) is -0.261. The maximum Gasteiger partial charge on any atom is 0.257 e. The summed E-state index contributed by atoms with van der Waals surface area (Å²) in [5, 5.41) is 2.20. The molecule has 3 amide bonds. The summed E-state index contributed by atoms with van der Waals surface area (Å²) in [6.45, 7) is 3.64. The van der Waals surface area contributed by atoms with Crippen LogP contribution in [0.5, 0.6) is 0 Å². The van der Waals surface area contributed by atoms with Gasteiger partial charge in [-0.25, -0.2) is 0 Å². The minimum absolute atomic E-state index is 0.231. The third kappa shape index (κ3) is 7.64. The lowest BCUT2D eigenvalue weighted by Crippen LogP contribution is -2.48. The van der Waals surface area contributed by atoms with Gasteiger partial charge in [-0.1, -0.05) is 13.3 Å². The Kier molecular flexibility index (Phi) is 8.74. The number of nitrogens with one attached hydrogen (secondary N) is 3. The molecule has 0 bridgehead atoms. The summed E-state index contributed by atoms with van der Waals surface area (Å²) in [6, 6.07) is 3.23. The van der Waals surface area contributed by atoms with Crippen LogP contribution < -0.4 is 16.2 Å². The summed E-state index contributed by atoms with van der Waals surface area (Å²) in [7, 11) is 0. The van der Waals surface area contributed by atoms with E-state index in [1.54, 1.807) is 25.3 Å². The Morgan fingerprint density at radius 3 is 2.74 bits per heavy atom. The molecular weight excluding hydrogens is 316 g/mol. The first-order chi connectivity index (χ1) is 11.0. The van der Waals surface area contributed by atoms with E-state index >= 15 is 0 Å². The second-order valence-electron chi connectivity index (χ2n) is 4.83. The minimum Gasteiger partial charge on any atom is -0.343 e. The Morgan fingerprint density at radius 2 is 2.09 bits per heavy atom. The monoisotopic (exact) mass is 338 g/mol. The predicted octanol–water partition coefficient (Wildman–Crippen LogP) is 0.881. The number of thioether (sulfide) groups is 1. The Hall–Kier alpha value is -2.09. The first-order valence-corrected chi connectivity index (χ1v) is 8.48. The number of amides is 3. The van der Waals surface area contributed by atoms with Gasteiger partial charge in [0.2, 0.25) is 0 Å². The molecule has 3 N–H and O–H groups in total. The van der Waals surface area contributed by atoms with Gasteiger partial charge >= 0.3 is 0 Å². The maximum atomic E-state index is 11.8. The molecule has 126 valence electrons. The Morgan fingerprint density at radius 1 is 1.30 bits per heavy atom. The van der Waals surface area contributed by atoms with E-state index in [1.807, 2.05) is 0 Å². The Labute approximate surface area is 140 Å². The molecule has 0 radical (unpaired) electrons. The van der Waals surface area contributed by atoms with Crippen LogP contribution in [0.25, 0.3) is 0 Å². The van der Waals surface area contributed by atoms with Crippen molar-refractivity contribution in [1.82, 2.24) is 21.2 Å². The molecule has 1 heterocycles. The maximum absolute atomic E-state index is 11.8. The van der Waals surface area contributed by atoms with Crippen LogP contribution in [0.1, 0.15) is 37.0 Å². The van der Waals surface area contributed by atoms with Crippen molar-refractivity contribution in [3.8, 4) is 0 Å². The van der Waals surface area contributed by atoms with Gasteiger partial charge in [0, 0.05) is 12.4 Å². The number of rotatable bonds is 8. The van der Waals surface area contributed by atoms with Crippen molar-refractivity contribution in [2.75, 3.05) is 12.3 Å². The fourth-order valence-electron chi connectivity index (χ4n) is 1.52. The van der Waals surface area contributed by atoms with Gasteiger partial charge in [0.05, 0.1) is 17.4 Å². The van der Waals surface area contributed by atoms with Crippen LogP contribution in [-0.4, -0.2) is 40.3 Å². The highest BCUT2D eigenvalue weighted by Crippen LogP contribution is 2.12. The third-order valence-electron chi connectivity index (χ3n) is 2.89. The van der Waals surface area contributed by atoms with Crippen LogP contribution in [0.4, 0.5) is 0 Å². The van der Waals surface area contributed by atoms with Gasteiger partial charge in [-0.3, -0.25) is 30.2 Å². The first-order valence-electron chi connectivity index (χ1n) is 7.43. The molecule has 0 saturated heterocycles. The molecule has 23 heavy (non-hydrogen) atoms. The summed E-state index contributed by atoms with van der Waals surface area (Å²) in [6.07, 6.45) is 5.09. The molecule has 0 saturated carbocycles. The Balaban J connectivity index is 2.23. The van der Waals surface area contributed by atoms with Gasteiger partial charge in [-0.05, 0) is 31.2 Å². The number of unbranched alkanes of at least 4 members (excludes halogenated alkanes) is 1. The zero-order valence-electron chi connectivity index (χ0n) is 13.3. The van der Waals surface area contributed by atoms with E-state index in [0.717, 1.165) is 18.6 Å². The molecule has 0 aromatic carbocycles. The first kappa shape index (κ1) is 19.0. The molecule has 0 aliphatic carbocycles. The zero-order valence-corrected chi connectivity index (χ0v) is 14.1. The number of pyridine rings is 1. The number of hydrazine groups is 1. The summed E-state index contributed by atoms with van der Waals surface area (Å²) in [5.41, 5.74) is 4.99. The molecule has 1 aromatic heterocycles. The largest absolute Gasteiger partial charge is 0.343 e. The molecule has 1 atom stereocenters. The van der Waals surface area contributed by atoms with E-state index in [4.69, 9.17) is 0 Å². The highest BCUT2D eigenvalue weighted by molar-refractivity contribution is 8.00. The van der Waals surface area contributed by atoms with E-state index in [1.165, 1.54) is 18.0 Å². The molecule has 1 aromatic rings. The Bertz CT molecular complexity index is 525. The standard InChI is InChI=1S/C15H22N4O3S/c1-3-4-8-23-11(2)14(21)19-18-13(20)10-17-15(22)12-6-5-7-16-9-12/h5-7,9,11H,3-4,8,10H2,1-2H3,(H,17,22)(H,18,20)(H,19,21)/t11-/m1/s1. The van der Waals surface area contributed by atoms with Gasteiger partial charge in [0.15, 0.2) is 0 Å². The summed E-state index contributed by atoms with van der Waals surface area (Å²) < 4.78 is 0. The lowest BCUT2D eigenvalue weighted by Gasteiger charge is -2.12. The van der Waals surface area contributed by atoms with Crippen molar-refractivity contribution in [2.45, 2.75) is 31.9 Å². The second-order valence-corrected chi connectivity index (χ2v) is 6.28. The molecule has 0 spiro atoms. The molecule has 1 rings (SSSR count). The fraction of sp³-hybridized carbons (Fsp3) is 0.467. The molecule has 7 nitrogen and oxygen atoms in total. The van der Waals surface area contributed by atoms with Crippen molar-refractivity contribution in [1.29, 1.82) is 0 Å². The summed E-state index contributed by atoms with van der Waals surface area (Å²) >= 11 is 1.54. The molecule has 0 fully saturated rings. The zero-order chi connectivity index (χ0) is 17.1. The minimum atomic E-state index is -0.499. The number of hydrogen-bond acceptors (Lipinski definition) is 5. The third-order valence-corrected chi connectivity index (χ3v) is 4.13. The van der Waals surface area contributed by atoms with Gasteiger partial charge in [0.25, 0.3) is 17.7 Å². The number of carbonyl (C=O) groups excluding carboxylic acids is 3. The number of aromatic nitrogens is 1. The van der Waals surface area contributed by atoms with E-state index in [-0.39, 0.29) is 17.7 Å². The van der Waals surface area contributed by atoms with E-state index < -0.39 is 11.8 Å². The topological polar surface area (TPSA) is 100 Å². The van der Waals surface area contributed by atoms with Gasteiger partial charge in [0.1, 0.15) is 0 Å². The average Bonchev–Trinajstić information content (AvgIpc) is 2.58. The van der Waals surface area contributed by atoms with Gasteiger partial charge in [-0.2, -0.15) is 0 Å². The van der Waals surface area contributed by atoms with Gasteiger partial charge < -0.3 is 5.32 Å². The van der Waals surface area contributed by atoms with E-state index in [9.17, 15) is 14.4 Å². The second kappa shape index (κ2) is 10.6. The molecule has 0 unspecified atom stereocenters. The van der Waals surface area contributed by atoms with Crippen LogP contribution in [0, 0.1) is 0 Å². The highest BCUT2D eigenvalue weighted by Gasteiger charge is 2.14. The van der Waals surface area contributed by atoms with Crippen molar-refractivity contribution >= 4 is 29.5 Å². The predicted molar refractivity (Wildman–Crippen MR) is 89.7 cm³/mol. The van der Waals surface area contributed by atoms with Crippen molar-refractivity contribution in [2.24, 2.45) is 0 Å². The normalized spacial score (nSPS) is 11.4. The van der Waals surface area contributed by atoms with Crippen molar-refractivity contribution in [3.63, 3.8) is 0 Å². The fourth-order valence-corrected chi connectivity index (χ4v) is 2.54. The lowest BCUT2D eigenvalue weighted by molar-refractivity contribution is -0.127. The van der Waals surface area contributed by atoms with Crippen LogP contribution >= 0.6 is 11.8 Å². The van der Waals surface area contributed by atoms with Crippen molar-refractivity contribution in [3.05, 3.63) is 30.1 Å². The summed E-state index contributed by atoms with van der Waals surface area (Å²) in [4.78, 5) is 38.9. The quantitative estimate of drug-likeness (QED) is 0.483. The van der Waals surface area contributed by atoms with E-state index in [0.29, 0.717) is 5.56 Å². The molecule has 8 heteroatoms. The smallest absolute Gasteiger partial charge is 0.257 e. The van der Waals surface area contributed by atoms with Crippen LogP contribution in [0.15, 0.2) is 24.5 Å².